The second-order valence-corrected chi connectivity index (χ2v) is 5.59. The molecule has 0 spiro atoms. The molecule has 0 aliphatic heterocycles. The minimum atomic E-state index is -0.556. The summed E-state index contributed by atoms with van der Waals surface area (Å²) < 4.78 is 5.76. The number of aryl methyl sites for hydroxylation is 1. The lowest BCUT2D eigenvalue weighted by molar-refractivity contribution is 0.105. The molecular formula is C16H24N2O3. The summed E-state index contributed by atoms with van der Waals surface area (Å²) in [5, 5.41) is 23.4. The van der Waals surface area contributed by atoms with Crippen molar-refractivity contribution in [2.45, 2.75) is 39.5 Å². The third kappa shape index (κ3) is 3.75. The molecule has 21 heavy (non-hydrogen) atoms. The number of ether oxygens (including phenoxy) is 1. The molecular weight excluding hydrogens is 268 g/mol. The Kier molecular flexibility index (Phi) is 5.22. The Hall–Kier alpha value is -1.56. The van der Waals surface area contributed by atoms with E-state index in [9.17, 15) is 10.2 Å². The normalized spacial score (nSPS) is 13.0. The van der Waals surface area contributed by atoms with Gasteiger partial charge in [0.05, 0.1) is 6.61 Å². The smallest absolute Gasteiger partial charge is 0.129 e. The van der Waals surface area contributed by atoms with Crippen LogP contribution in [0.25, 0.3) is 10.9 Å². The van der Waals surface area contributed by atoms with Crippen LogP contribution in [0, 0.1) is 6.92 Å². The Labute approximate surface area is 124 Å². The van der Waals surface area contributed by atoms with E-state index in [1.165, 1.54) is 0 Å². The van der Waals surface area contributed by atoms with Gasteiger partial charge in [-0.3, -0.25) is 0 Å². The molecule has 0 aliphatic carbocycles. The third-order valence-electron chi connectivity index (χ3n) is 3.49. The number of fused-ring (bicyclic) bond motifs is 1. The summed E-state index contributed by atoms with van der Waals surface area (Å²) in [6.45, 7) is 6.73. The number of aromatic nitrogens is 1. The number of benzene rings is 1. The Morgan fingerprint density at radius 3 is 2.76 bits per heavy atom. The summed E-state index contributed by atoms with van der Waals surface area (Å²) in [6, 6.07) is 6.06. The highest BCUT2D eigenvalue weighted by atomic mass is 16.5. The van der Waals surface area contributed by atoms with Crippen LogP contribution in [0.4, 0.5) is 0 Å². The molecule has 116 valence electrons. The maximum absolute atomic E-state index is 9.92. The van der Waals surface area contributed by atoms with E-state index in [0.29, 0.717) is 12.6 Å². The molecule has 5 heteroatoms. The fourth-order valence-corrected chi connectivity index (χ4v) is 2.32. The summed E-state index contributed by atoms with van der Waals surface area (Å²) in [7, 11) is 0. The van der Waals surface area contributed by atoms with E-state index >= 15 is 0 Å². The van der Waals surface area contributed by atoms with Gasteiger partial charge in [0.15, 0.2) is 0 Å². The first-order valence-corrected chi connectivity index (χ1v) is 7.28. The SMILES string of the molecule is Cc1c(CO)[nH]c2cccc(OCC(O)CNC(C)C)c12. The molecule has 0 radical (unpaired) electrons. The Morgan fingerprint density at radius 1 is 1.33 bits per heavy atom. The number of aliphatic hydroxyl groups excluding tert-OH is 2. The van der Waals surface area contributed by atoms with Gasteiger partial charge in [-0.2, -0.15) is 0 Å². The molecule has 2 aromatic rings. The van der Waals surface area contributed by atoms with Crippen LogP contribution < -0.4 is 10.1 Å². The number of nitrogens with one attached hydrogen (secondary N) is 2. The van der Waals surface area contributed by atoms with Gasteiger partial charge in [-0.1, -0.05) is 19.9 Å². The van der Waals surface area contributed by atoms with Gasteiger partial charge in [0, 0.05) is 29.2 Å². The first-order valence-electron chi connectivity index (χ1n) is 7.28. The Balaban J connectivity index is 2.10. The predicted molar refractivity (Wildman–Crippen MR) is 83.6 cm³/mol. The van der Waals surface area contributed by atoms with Crippen LogP contribution in [0.3, 0.4) is 0 Å². The molecule has 0 fully saturated rings. The standard InChI is InChI=1S/C16H24N2O3/c1-10(2)17-7-12(20)9-21-15-6-4-5-13-16(15)11(3)14(8-19)18-13/h4-6,10,12,17-20H,7-9H2,1-3H3. The van der Waals surface area contributed by atoms with Gasteiger partial charge < -0.3 is 25.3 Å². The average Bonchev–Trinajstić information content (AvgIpc) is 2.80. The summed E-state index contributed by atoms with van der Waals surface area (Å²) in [6.07, 6.45) is -0.556. The lowest BCUT2D eigenvalue weighted by Crippen LogP contribution is -2.35. The number of H-pyrrole nitrogens is 1. The van der Waals surface area contributed by atoms with Crippen molar-refractivity contribution in [3.8, 4) is 5.75 Å². The number of hydrogen-bond donors (Lipinski definition) is 4. The van der Waals surface area contributed by atoms with E-state index in [-0.39, 0.29) is 13.2 Å². The summed E-state index contributed by atoms with van der Waals surface area (Å²) in [5.41, 5.74) is 2.71. The topological polar surface area (TPSA) is 77.5 Å². The lowest BCUT2D eigenvalue weighted by Gasteiger charge is -2.15. The minimum absolute atomic E-state index is 0.0269. The van der Waals surface area contributed by atoms with E-state index in [4.69, 9.17) is 4.74 Å². The summed E-state index contributed by atoms with van der Waals surface area (Å²) >= 11 is 0. The van der Waals surface area contributed by atoms with Crippen LogP contribution in [-0.2, 0) is 6.61 Å². The van der Waals surface area contributed by atoms with Crippen molar-refractivity contribution in [1.82, 2.24) is 10.3 Å². The van der Waals surface area contributed by atoms with E-state index in [0.717, 1.165) is 27.9 Å². The van der Waals surface area contributed by atoms with E-state index in [1.807, 2.05) is 39.0 Å². The van der Waals surface area contributed by atoms with Crippen LogP contribution in [0.2, 0.25) is 0 Å². The maximum atomic E-state index is 9.92. The Bertz CT molecular complexity index is 592. The maximum Gasteiger partial charge on any atom is 0.129 e. The molecule has 2 rings (SSSR count). The molecule has 0 amide bonds. The second-order valence-electron chi connectivity index (χ2n) is 5.59. The van der Waals surface area contributed by atoms with Crippen molar-refractivity contribution in [3.05, 3.63) is 29.5 Å². The number of aliphatic hydroxyl groups is 2. The first kappa shape index (κ1) is 15.8. The molecule has 1 aromatic heterocycles. The van der Waals surface area contributed by atoms with Crippen LogP contribution >= 0.6 is 0 Å². The summed E-state index contributed by atoms with van der Waals surface area (Å²) in [4.78, 5) is 3.18. The van der Waals surface area contributed by atoms with Crippen molar-refractivity contribution < 1.29 is 14.9 Å². The number of hydrogen-bond acceptors (Lipinski definition) is 4. The number of rotatable bonds is 7. The Morgan fingerprint density at radius 2 is 2.10 bits per heavy atom. The monoisotopic (exact) mass is 292 g/mol. The molecule has 1 unspecified atom stereocenters. The zero-order valence-electron chi connectivity index (χ0n) is 12.8. The highest BCUT2D eigenvalue weighted by Crippen LogP contribution is 2.30. The largest absolute Gasteiger partial charge is 0.490 e. The van der Waals surface area contributed by atoms with Gasteiger partial charge in [-0.15, -0.1) is 0 Å². The molecule has 1 heterocycles. The van der Waals surface area contributed by atoms with E-state index in [1.54, 1.807) is 0 Å². The summed E-state index contributed by atoms with van der Waals surface area (Å²) in [5.74, 6) is 0.726. The highest BCUT2D eigenvalue weighted by Gasteiger charge is 2.13. The van der Waals surface area contributed by atoms with Gasteiger partial charge in [0.1, 0.15) is 18.5 Å². The molecule has 1 aromatic carbocycles. The quantitative estimate of drug-likeness (QED) is 0.626. The van der Waals surface area contributed by atoms with Gasteiger partial charge in [0.25, 0.3) is 0 Å². The van der Waals surface area contributed by atoms with Crippen molar-refractivity contribution in [3.63, 3.8) is 0 Å². The lowest BCUT2D eigenvalue weighted by atomic mass is 10.1. The van der Waals surface area contributed by atoms with Crippen LogP contribution in [0.5, 0.6) is 5.75 Å². The fraction of sp³-hybridized carbons (Fsp3) is 0.500. The van der Waals surface area contributed by atoms with Gasteiger partial charge in [-0.05, 0) is 24.6 Å². The van der Waals surface area contributed by atoms with Crippen LogP contribution in [0.1, 0.15) is 25.1 Å². The molecule has 5 nitrogen and oxygen atoms in total. The van der Waals surface area contributed by atoms with Gasteiger partial charge >= 0.3 is 0 Å². The zero-order chi connectivity index (χ0) is 15.4. The molecule has 0 saturated carbocycles. The fourth-order valence-electron chi connectivity index (χ4n) is 2.32. The van der Waals surface area contributed by atoms with Gasteiger partial charge in [0.2, 0.25) is 0 Å². The average molecular weight is 292 g/mol. The highest BCUT2D eigenvalue weighted by molar-refractivity contribution is 5.90. The van der Waals surface area contributed by atoms with E-state index < -0.39 is 6.10 Å². The van der Waals surface area contributed by atoms with Crippen LogP contribution in [0.15, 0.2) is 18.2 Å². The van der Waals surface area contributed by atoms with Crippen molar-refractivity contribution in [1.29, 1.82) is 0 Å². The van der Waals surface area contributed by atoms with Crippen LogP contribution in [-0.4, -0.2) is 40.5 Å². The molecule has 0 bridgehead atoms. The molecule has 0 aliphatic rings. The zero-order valence-corrected chi connectivity index (χ0v) is 12.8. The molecule has 0 saturated heterocycles. The van der Waals surface area contributed by atoms with E-state index in [2.05, 4.69) is 10.3 Å². The molecule has 4 N–H and O–H groups in total. The van der Waals surface area contributed by atoms with Crippen molar-refractivity contribution >= 4 is 10.9 Å². The number of aromatic amines is 1. The second kappa shape index (κ2) is 6.93. The molecule has 1 atom stereocenters. The van der Waals surface area contributed by atoms with Crippen molar-refractivity contribution in [2.24, 2.45) is 0 Å². The first-order chi connectivity index (χ1) is 10.0. The predicted octanol–water partition coefficient (Wildman–Crippen LogP) is 1.71. The van der Waals surface area contributed by atoms with Gasteiger partial charge in [-0.25, -0.2) is 0 Å². The third-order valence-corrected chi connectivity index (χ3v) is 3.49. The van der Waals surface area contributed by atoms with Crippen molar-refractivity contribution in [2.75, 3.05) is 13.2 Å². The minimum Gasteiger partial charge on any atom is -0.490 e.